The van der Waals surface area contributed by atoms with Crippen molar-refractivity contribution < 1.29 is 4.79 Å². The van der Waals surface area contributed by atoms with Crippen LogP contribution in [-0.2, 0) is 16.8 Å². The van der Waals surface area contributed by atoms with Crippen LogP contribution in [0, 0.1) is 0 Å². The molecule has 1 aromatic carbocycles. The Labute approximate surface area is 110 Å². The summed E-state index contributed by atoms with van der Waals surface area (Å²) in [5, 5.41) is 2.87. The fourth-order valence-corrected chi connectivity index (χ4v) is 1.69. The van der Waals surface area contributed by atoms with E-state index < -0.39 is 0 Å². The first kappa shape index (κ1) is 14.7. The summed E-state index contributed by atoms with van der Waals surface area (Å²) in [6, 6.07) is 8.27. The van der Waals surface area contributed by atoms with Gasteiger partial charge in [-0.15, -0.1) is 0 Å². The summed E-state index contributed by atoms with van der Waals surface area (Å²) in [4.78, 5) is 11.5. The molecule has 0 heterocycles. The lowest BCUT2D eigenvalue weighted by atomic mass is 9.87. The Balaban J connectivity index is 2.52. The van der Waals surface area contributed by atoms with E-state index in [1.54, 1.807) is 0 Å². The highest BCUT2D eigenvalue weighted by atomic mass is 16.1. The number of carbonyl (C=O) groups is 1. The second-order valence-electron chi connectivity index (χ2n) is 5.91. The molecule has 3 nitrogen and oxygen atoms in total. The molecule has 1 unspecified atom stereocenters. The summed E-state index contributed by atoms with van der Waals surface area (Å²) < 4.78 is 0. The third kappa shape index (κ3) is 4.88. The summed E-state index contributed by atoms with van der Waals surface area (Å²) in [5.74, 6) is 0.00454. The van der Waals surface area contributed by atoms with Gasteiger partial charge < -0.3 is 11.1 Å². The van der Waals surface area contributed by atoms with Gasteiger partial charge >= 0.3 is 0 Å². The molecule has 0 aliphatic carbocycles. The standard InChI is InChI=1S/C15H24N2O/c1-11(16)9-14(18)17-10-12-5-7-13(8-6-12)15(2,3)4/h5-8,11H,9-10,16H2,1-4H3,(H,17,18). The maximum Gasteiger partial charge on any atom is 0.221 e. The van der Waals surface area contributed by atoms with Crippen LogP contribution in [0.5, 0.6) is 0 Å². The first-order valence-corrected chi connectivity index (χ1v) is 6.41. The summed E-state index contributed by atoms with van der Waals surface area (Å²) >= 11 is 0. The van der Waals surface area contributed by atoms with Gasteiger partial charge in [0.05, 0.1) is 0 Å². The molecule has 0 aromatic heterocycles. The second-order valence-corrected chi connectivity index (χ2v) is 5.91. The molecular formula is C15H24N2O. The molecular weight excluding hydrogens is 224 g/mol. The molecule has 1 amide bonds. The molecule has 0 saturated carbocycles. The molecule has 0 radical (unpaired) electrons. The van der Waals surface area contributed by atoms with Gasteiger partial charge in [-0.25, -0.2) is 0 Å². The van der Waals surface area contributed by atoms with E-state index in [-0.39, 0.29) is 17.4 Å². The Morgan fingerprint density at radius 2 is 1.83 bits per heavy atom. The van der Waals surface area contributed by atoms with E-state index in [2.05, 4.69) is 50.4 Å². The zero-order chi connectivity index (χ0) is 13.8. The monoisotopic (exact) mass is 248 g/mol. The van der Waals surface area contributed by atoms with E-state index >= 15 is 0 Å². The van der Waals surface area contributed by atoms with Gasteiger partial charge in [0.2, 0.25) is 5.91 Å². The summed E-state index contributed by atoms with van der Waals surface area (Å²) in [6.45, 7) is 8.96. The fourth-order valence-electron chi connectivity index (χ4n) is 1.69. The lowest BCUT2D eigenvalue weighted by molar-refractivity contribution is -0.121. The van der Waals surface area contributed by atoms with Crippen LogP contribution in [0.4, 0.5) is 0 Å². The third-order valence-electron chi connectivity index (χ3n) is 2.82. The molecule has 100 valence electrons. The number of hydrogen-bond donors (Lipinski definition) is 2. The lowest BCUT2D eigenvalue weighted by Crippen LogP contribution is -2.29. The first-order valence-electron chi connectivity index (χ1n) is 6.41. The van der Waals surface area contributed by atoms with Gasteiger partial charge in [-0.05, 0) is 23.5 Å². The van der Waals surface area contributed by atoms with E-state index in [0.717, 1.165) is 5.56 Å². The maximum atomic E-state index is 11.5. The van der Waals surface area contributed by atoms with E-state index in [0.29, 0.717) is 13.0 Å². The van der Waals surface area contributed by atoms with Gasteiger partial charge in [-0.3, -0.25) is 4.79 Å². The van der Waals surface area contributed by atoms with E-state index in [1.165, 1.54) is 5.56 Å². The molecule has 0 bridgehead atoms. The maximum absolute atomic E-state index is 11.5. The van der Waals surface area contributed by atoms with Gasteiger partial charge in [0.15, 0.2) is 0 Å². The lowest BCUT2D eigenvalue weighted by Gasteiger charge is -2.19. The number of rotatable bonds is 4. The predicted octanol–water partition coefficient (Wildman–Crippen LogP) is 2.34. The first-order chi connectivity index (χ1) is 8.29. The van der Waals surface area contributed by atoms with Gasteiger partial charge in [0.25, 0.3) is 0 Å². The number of nitrogens with one attached hydrogen (secondary N) is 1. The Morgan fingerprint density at radius 1 is 1.28 bits per heavy atom. The highest BCUT2D eigenvalue weighted by Crippen LogP contribution is 2.22. The summed E-state index contributed by atoms with van der Waals surface area (Å²) in [6.07, 6.45) is 0.375. The van der Waals surface area contributed by atoms with Crippen molar-refractivity contribution in [3.8, 4) is 0 Å². The smallest absolute Gasteiger partial charge is 0.221 e. The zero-order valence-corrected chi connectivity index (χ0v) is 11.8. The summed E-state index contributed by atoms with van der Waals surface area (Å²) in [5.41, 5.74) is 8.14. The molecule has 0 fully saturated rings. The Morgan fingerprint density at radius 3 is 2.28 bits per heavy atom. The van der Waals surface area contributed by atoms with Gasteiger partial charge in [0, 0.05) is 19.0 Å². The van der Waals surface area contributed by atoms with E-state index in [4.69, 9.17) is 5.73 Å². The number of carbonyl (C=O) groups excluding carboxylic acids is 1. The van der Waals surface area contributed by atoms with E-state index in [1.807, 2.05) is 6.92 Å². The molecule has 3 N–H and O–H groups in total. The largest absolute Gasteiger partial charge is 0.352 e. The molecule has 1 aromatic rings. The van der Waals surface area contributed by atoms with Crippen molar-refractivity contribution in [2.45, 2.75) is 52.1 Å². The van der Waals surface area contributed by atoms with Gasteiger partial charge in [0.1, 0.15) is 0 Å². The average Bonchev–Trinajstić information content (AvgIpc) is 2.25. The summed E-state index contributed by atoms with van der Waals surface area (Å²) in [7, 11) is 0. The predicted molar refractivity (Wildman–Crippen MR) is 75.3 cm³/mol. The minimum atomic E-state index is -0.0896. The van der Waals surface area contributed by atoms with Crippen molar-refractivity contribution >= 4 is 5.91 Å². The van der Waals surface area contributed by atoms with Gasteiger partial charge in [-0.1, -0.05) is 45.0 Å². The quantitative estimate of drug-likeness (QED) is 0.859. The number of amides is 1. The van der Waals surface area contributed by atoms with Crippen LogP contribution in [0.25, 0.3) is 0 Å². The third-order valence-corrected chi connectivity index (χ3v) is 2.82. The average molecular weight is 248 g/mol. The van der Waals surface area contributed by atoms with Crippen LogP contribution in [0.1, 0.15) is 45.2 Å². The molecule has 0 aliphatic rings. The highest BCUT2D eigenvalue weighted by molar-refractivity contribution is 5.76. The van der Waals surface area contributed by atoms with Crippen molar-refractivity contribution in [1.82, 2.24) is 5.32 Å². The molecule has 0 aliphatic heterocycles. The van der Waals surface area contributed by atoms with Crippen molar-refractivity contribution in [2.75, 3.05) is 0 Å². The van der Waals surface area contributed by atoms with Crippen molar-refractivity contribution in [3.05, 3.63) is 35.4 Å². The van der Waals surface area contributed by atoms with Gasteiger partial charge in [-0.2, -0.15) is 0 Å². The van der Waals surface area contributed by atoms with Crippen LogP contribution in [0.3, 0.4) is 0 Å². The zero-order valence-electron chi connectivity index (χ0n) is 11.8. The van der Waals surface area contributed by atoms with E-state index in [9.17, 15) is 4.79 Å². The number of benzene rings is 1. The molecule has 1 atom stereocenters. The Kier molecular flexibility index (Phi) is 4.91. The Bertz CT molecular complexity index is 388. The van der Waals surface area contributed by atoms with Crippen LogP contribution in [0.15, 0.2) is 24.3 Å². The highest BCUT2D eigenvalue weighted by Gasteiger charge is 2.12. The molecule has 0 spiro atoms. The van der Waals surface area contributed by atoms with Crippen molar-refractivity contribution in [3.63, 3.8) is 0 Å². The molecule has 3 heteroatoms. The topological polar surface area (TPSA) is 55.1 Å². The van der Waals surface area contributed by atoms with Crippen LogP contribution >= 0.6 is 0 Å². The Hall–Kier alpha value is -1.35. The van der Waals surface area contributed by atoms with Crippen molar-refractivity contribution in [2.24, 2.45) is 5.73 Å². The number of nitrogens with two attached hydrogens (primary N) is 1. The molecule has 0 saturated heterocycles. The minimum absolute atomic E-state index is 0.00454. The normalized spacial score (nSPS) is 13.2. The van der Waals surface area contributed by atoms with Crippen LogP contribution < -0.4 is 11.1 Å². The second kappa shape index (κ2) is 6.01. The molecule has 18 heavy (non-hydrogen) atoms. The minimum Gasteiger partial charge on any atom is -0.352 e. The number of hydrogen-bond acceptors (Lipinski definition) is 2. The van der Waals surface area contributed by atoms with Crippen molar-refractivity contribution in [1.29, 1.82) is 0 Å². The molecule has 1 rings (SSSR count). The van der Waals surface area contributed by atoms with Crippen LogP contribution in [-0.4, -0.2) is 11.9 Å². The SMILES string of the molecule is CC(N)CC(=O)NCc1ccc(C(C)(C)C)cc1. The fraction of sp³-hybridized carbons (Fsp3) is 0.533. The van der Waals surface area contributed by atoms with Crippen LogP contribution in [0.2, 0.25) is 0 Å².